The van der Waals surface area contributed by atoms with E-state index in [4.69, 9.17) is 15.2 Å². The van der Waals surface area contributed by atoms with Gasteiger partial charge in [0.05, 0.1) is 13.2 Å². The van der Waals surface area contributed by atoms with Gasteiger partial charge >= 0.3 is 0 Å². The average molecular weight is 330 g/mol. The van der Waals surface area contributed by atoms with Gasteiger partial charge in [0, 0.05) is 16.9 Å². The Morgan fingerprint density at radius 1 is 1.12 bits per heavy atom. The molecular weight excluding hydrogens is 312 g/mol. The second-order valence-corrected chi connectivity index (χ2v) is 6.35. The van der Waals surface area contributed by atoms with E-state index in [0.29, 0.717) is 0 Å². The Morgan fingerprint density at radius 3 is 2.60 bits per heavy atom. The molecule has 2 unspecified atom stereocenters. The maximum Gasteiger partial charge on any atom is 0.149 e. The van der Waals surface area contributed by atoms with Crippen LogP contribution < -0.4 is 15.2 Å². The van der Waals surface area contributed by atoms with Crippen molar-refractivity contribution < 1.29 is 9.47 Å². The largest absolute Gasteiger partial charge is 0.497 e. The molecule has 0 saturated carbocycles. The van der Waals surface area contributed by atoms with Crippen LogP contribution in [0.1, 0.15) is 17.0 Å². The first-order valence-corrected chi connectivity index (χ1v) is 8.15. The third-order valence-corrected chi connectivity index (χ3v) is 4.85. The van der Waals surface area contributed by atoms with Crippen LogP contribution >= 0.6 is 0 Å². The zero-order valence-corrected chi connectivity index (χ0v) is 13.9. The Bertz CT molecular complexity index is 975. The second-order valence-electron chi connectivity index (χ2n) is 6.35. The van der Waals surface area contributed by atoms with Gasteiger partial charge in [0.2, 0.25) is 0 Å². The van der Waals surface area contributed by atoms with E-state index < -0.39 is 5.54 Å². The molecule has 0 aliphatic carbocycles. The van der Waals surface area contributed by atoms with Crippen LogP contribution in [0.4, 0.5) is 0 Å². The van der Waals surface area contributed by atoms with Crippen LogP contribution in [0.15, 0.2) is 60.7 Å². The molecule has 2 N–H and O–H groups in total. The predicted molar refractivity (Wildman–Crippen MR) is 96.8 cm³/mol. The van der Waals surface area contributed by atoms with E-state index in [-0.39, 0.29) is 12.5 Å². The smallest absolute Gasteiger partial charge is 0.149 e. The number of hydrogen-bond donors (Lipinski definition) is 1. The normalized spacial score (nSPS) is 21.9. The first-order chi connectivity index (χ1) is 12.2. The maximum absolute atomic E-state index is 9.74. The number of methoxy groups -OCH3 is 1. The number of fused-ring (bicyclic) bond motifs is 3. The molecule has 0 aromatic heterocycles. The summed E-state index contributed by atoms with van der Waals surface area (Å²) in [6.45, 7) is 0.154. The fraction of sp³-hybridized carbons (Fsp3) is 0.190. The molecule has 4 nitrogen and oxygen atoms in total. The molecule has 124 valence electrons. The van der Waals surface area contributed by atoms with Crippen molar-refractivity contribution in [3.05, 3.63) is 71.8 Å². The average Bonchev–Trinajstić information content (AvgIpc) is 2.67. The summed E-state index contributed by atoms with van der Waals surface area (Å²) >= 11 is 0. The molecule has 3 aromatic rings. The minimum Gasteiger partial charge on any atom is -0.497 e. The number of hydrogen-bond acceptors (Lipinski definition) is 4. The quantitative estimate of drug-likeness (QED) is 0.779. The Morgan fingerprint density at radius 2 is 1.88 bits per heavy atom. The molecule has 0 radical (unpaired) electrons. The van der Waals surface area contributed by atoms with Gasteiger partial charge in [-0.05, 0) is 23.1 Å². The fourth-order valence-electron chi connectivity index (χ4n) is 3.57. The number of nitrogens with zero attached hydrogens (tertiary/aromatic N) is 1. The summed E-state index contributed by atoms with van der Waals surface area (Å²) in [6.07, 6.45) is 0. The number of benzene rings is 3. The number of ether oxygens (including phenoxy) is 2. The third kappa shape index (κ3) is 2.41. The topological polar surface area (TPSA) is 68.3 Å². The van der Waals surface area contributed by atoms with Crippen molar-refractivity contribution in [1.82, 2.24) is 0 Å². The van der Waals surface area contributed by atoms with E-state index in [1.54, 1.807) is 7.11 Å². The highest BCUT2D eigenvalue weighted by Gasteiger charge is 2.43. The second kappa shape index (κ2) is 5.80. The van der Waals surface area contributed by atoms with E-state index in [1.165, 1.54) is 0 Å². The first kappa shape index (κ1) is 15.5. The maximum atomic E-state index is 9.74. The Kier molecular flexibility index (Phi) is 3.60. The highest BCUT2D eigenvalue weighted by Crippen LogP contribution is 2.45. The van der Waals surface area contributed by atoms with Crippen molar-refractivity contribution in [3.8, 4) is 17.6 Å². The van der Waals surface area contributed by atoms with Crippen LogP contribution in [0.3, 0.4) is 0 Å². The summed E-state index contributed by atoms with van der Waals surface area (Å²) in [5, 5.41) is 11.9. The molecule has 0 spiro atoms. The summed E-state index contributed by atoms with van der Waals surface area (Å²) < 4.78 is 11.2. The highest BCUT2D eigenvalue weighted by molar-refractivity contribution is 5.90. The lowest BCUT2D eigenvalue weighted by molar-refractivity contribution is 0.214. The highest BCUT2D eigenvalue weighted by atomic mass is 16.5. The fourth-order valence-corrected chi connectivity index (χ4v) is 3.57. The Labute approximate surface area is 146 Å². The lowest BCUT2D eigenvalue weighted by atomic mass is 9.74. The molecule has 0 saturated heterocycles. The molecule has 3 aromatic carbocycles. The molecular formula is C21H18N2O2. The van der Waals surface area contributed by atoms with Crippen LogP contribution in [0, 0.1) is 11.3 Å². The van der Waals surface area contributed by atoms with E-state index in [0.717, 1.165) is 33.4 Å². The molecule has 0 fully saturated rings. The Hall–Kier alpha value is -3.03. The summed E-state index contributed by atoms with van der Waals surface area (Å²) in [7, 11) is 1.63. The van der Waals surface area contributed by atoms with Gasteiger partial charge in [-0.3, -0.25) is 0 Å². The number of nitriles is 1. The van der Waals surface area contributed by atoms with Gasteiger partial charge in [0.1, 0.15) is 23.6 Å². The first-order valence-electron chi connectivity index (χ1n) is 8.15. The zero-order chi connectivity index (χ0) is 17.4. The number of nitrogens with two attached hydrogens (primary N) is 1. The minimum absolute atomic E-state index is 0.154. The number of rotatable bonds is 2. The standard InChI is InChI=1S/C21H18N2O2/c1-24-16-9-6-15(7-10-16)19-18-11-8-14-4-2-3-5-17(14)20(18)25-13-21(19,23)12-22/h2-11,19H,13,23H2,1H3. The molecule has 1 heterocycles. The molecule has 2 atom stereocenters. The van der Waals surface area contributed by atoms with Crippen molar-refractivity contribution >= 4 is 10.8 Å². The lowest BCUT2D eigenvalue weighted by Crippen LogP contribution is -2.52. The summed E-state index contributed by atoms with van der Waals surface area (Å²) in [4.78, 5) is 0. The third-order valence-electron chi connectivity index (χ3n) is 4.85. The molecule has 1 aliphatic heterocycles. The summed E-state index contributed by atoms with van der Waals surface area (Å²) in [6, 6.07) is 22.1. The van der Waals surface area contributed by atoms with E-state index in [2.05, 4.69) is 18.2 Å². The molecule has 1 aliphatic rings. The monoisotopic (exact) mass is 330 g/mol. The van der Waals surface area contributed by atoms with Crippen molar-refractivity contribution in [1.29, 1.82) is 5.26 Å². The van der Waals surface area contributed by atoms with E-state index in [1.807, 2.05) is 48.5 Å². The van der Waals surface area contributed by atoms with E-state index >= 15 is 0 Å². The zero-order valence-electron chi connectivity index (χ0n) is 13.9. The molecule has 0 bridgehead atoms. The van der Waals surface area contributed by atoms with Crippen molar-refractivity contribution in [2.75, 3.05) is 13.7 Å². The van der Waals surface area contributed by atoms with Crippen LogP contribution in [0.2, 0.25) is 0 Å². The van der Waals surface area contributed by atoms with Crippen LogP contribution in [-0.4, -0.2) is 19.3 Å². The van der Waals surface area contributed by atoms with Gasteiger partial charge in [-0.2, -0.15) is 5.26 Å². The molecule has 0 amide bonds. The van der Waals surface area contributed by atoms with Gasteiger partial charge in [-0.15, -0.1) is 0 Å². The summed E-state index contributed by atoms with van der Waals surface area (Å²) in [5.41, 5.74) is 7.25. The van der Waals surface area contributed by atoms with Gasteiger partial charge in [0.25, 0.3) is 0 Å². The van der Waals surface area contributed by atoms with Crippen molar-refractivity contribution in [3.63, 3.8) is 0 Å². The van der Waals surface area contributed by atoms with Gasteiger partial charge < -0.3 is 15.2 Å². The molecule has 4 rings (SSSR count). The van der Waals surface area contributed by atoms with Crippen molar-refractivity contribution in [2.24, 2.45) is 5.73 Å². The lowest BCUT2D eigenvalue weighted by Gasteiger charge is -2.38. The van der Waals surface area contributed by atoms with Crippen LogP contribution in [0.5, 0.6) is 11.5 Å². The SMILES string of the molecule is COc1ccc(C2c3ccc4ccccc4c3OCC2(N)C#N)cc1. The van der Waals surface area contributed by atoms with Gasteiger partial charge in [-0.25, -0.2) is 0 Å². The predicted octanol–water partition coefficient (Wildman–Crippen LogP) is 3.59. The van der Waals surface area contributed by atoms with Crippen LogP contribution in [-0.2, 0) is 0 Å². The summed E-state index contributed by atoms with van der Waals surface area (Å²) in [5.74, 6) is 1.32. The molecule has 25 heavy (non-hydrogen) atoms. The van der Waals surface area contributed by atoms with Gasteiger partial charge in [0.15, 0.2) is 0 Å². The minimum atomic E-state index is -1.12. The molecule has 4 heteroatoms. The van der Waals surface area contributed by atoms with Crippen LogP contribution in [0.25, 0.3) is 10.8 Å². The van der Waals surface area contributed by atoms with Crippen molar-refractivity contribution in [2.45, 2.75) is 11.5 Å². The van der Waals surface area contributed by atoms with E-state index in [9.17, 15) is 5.26 Å². The Balaban J connectivity index is 1.94. The van der Waals surface area contributed by atoms with Gasteiger partial charge in [-0.1, -0.05) is 48.5 Å².